The molecule has 0 aliphatic heterocycles. The predicted molar refractivity (Wildman–Crippen MR) is 70.6 cm³/mol. The molecule has 0 amide bonds. The van der Waals surface area contributed by atoms with E-state index in [1.165, 1.54) is 14.2 Å². The van der Waals surface area contributed by atoms with Crippen LogP contribution < -0.4 is 0 Å². The van der Waals surface area contributed by atoms with E-state index in [2.05, 4.69) is 14.7 Å². The summed E-state index contributed by atoms with van der Waals surface area (Å²) in [5.74, 6) is -3.48. The zero-order valence-corrected chi connectivity index (χ0v) is 12.3. The number of Topliss-reactive ketones (excluding diaryl/α,β-unsaturated/α-hetero) is 1. The van der Waals surface area contributed by atoms with Crippen LogP contribution in [0.2, 0.25) is 0 Å². The Morgan fingerprint density at radius 2 is 1.71 bits per heavy atom. The minimum Gasteiger partial charge on any atom is -0.469 e. The molecule has 2 rings (SSSR count). The molecule has 112 valence electrons. The summed E-state index contributed by atoms with van der Waals surface area (Å²) in [6.45, 7) is 3.38. The van der Waals surface area contributed by atoms with Gasteiger partial charge in [-0.3, -0.25) is 14.4 Å². The van der Waals surface area contributed by atoms with Crippen molar-refractivity contribution in [3.8, 4) is 0 Å². The molecule has 1 aliphatic carbocycles. The van der Waals surface area contributed by atoms with Crippen LogP contribution in [0, 0.1) is 25.7 Å². The van der Waals surface area contributed by atoms with E-state index in [1.54, 1.807) is 13.8 Å². The number of carbonyl (C=O) groups excluding carboxylic acids is 3. The topological polar surface area (TPSA) is 95.5 Å². The van der Waals surface area contributed by atoms with Gasteiger partial charge in [-0.2, -0.15) is 0 Å². The molecule has 0 aromatic carbocycles. The molecule has 0 saturated carbocycles. The van der Waals surface area contributed by atoms with Crippen LogP contribution in [0.3, 0.4) is 0 Å². The van der Waals surface area contributed by atoms with Crippen LogP contribution in [0.25, 0.3) is 0 Å². The average molecular weight is 292 g/mol. The van der Waals surface area contributed by atoms with Gasteiger partial charge in [0, 0.05) is 6.42 Å². The zero-order valence-electron chi connectivity index (χ0n) is 12.3. The normalized spacial score (nSPS) is 20.7. The number of esters is 2. The number of carbonyl (C=O) groups is 3. The SMILES string of the molecule is COC(=O)[C@H]1C(=O)c2c(C)nc(C)nc2C[C@@H]1C(=O)OC. The van der Waals surface area contributed by atoms with Crippen LogP contribution in [0.5, 0.6) is 0 Å². The van der Waals surface area contributed by atoms with Gasteiger partial charge in [-0.15, -0.1) is 0 Å². The maximum Gasteiger partial charge on any atom is 0.317 e. The molecule has 0 spiro atoms. The van der Waals surface area contributed by atoms with Crippen molar-refractivity contribution in [3.05, 3.63) is 22.8 Å². The fraction of sp³-hybridized carbons (Fsp3) is 0.500. The first-order chi connectivity index (χ1) is 9.90. The van der Waals surface area contributed by atoms with E-state index in [0.717, 1.165) is 0 Å². The molecular formula is C14H16N2O5. The Labute approximate surface area is 121 Å². The van der Waals surface area contributed by atoms with Gasteiger partial charge in [-0.05, 0) is 13.8 Å². The molecule has 1 aromatic heterocycles. The highest BCUT2D eigenvalue weighted by molar-refractivity contribution is 6.13. The van der Waals surface area contributed by atoms with Gasteiger partial charge in [0.05, 0.1) is 37.1 Å². The van der Waals surface area contributed by atoms with E-state index < -0.39 is 29.6 Å². The summed E-state index contributed by atoms with van der Waals surface area (Å²) in [5.41, 5.74) is 1.27. The lowest BCUT2D eigenvalue weighted by Crippen LogP contribution is -2.43. The van der Waals surface area contributed by atoms with Crippen LogP contribution in [0.1, 0.15) is 27.6 Å². The Balaban J connectivity index is 2.58. The van der Waals surface area contributed by atoms with Crippen LogP contribution in [0.4, 0.5) is 0 Å². The Morgan fingerprint density at radius 1 is 1.10 bits per heavy atom. The van der Waals surface area contributed by atoms with Crippen molar-refractivity contribution in [3.63, 3.8) is 0 Å². The second kappa shape index (κ2) is 5.59. The second-order valence-electron chi connectivity index (χ2n) is 4.88. The maximum atomic E-state index is 12.6. The lowest BCUT2D eigenvalue weighted by Gasteiger charge is -2.28. The summed E-state index contributed by atoms with van der Waals surface area (Å²) in [7, 11) is 2.39. The quantitative estimate of drug-likeness (QED) is 0.575. The van der Waals surface area contributed by atoms with Crippen molar-refractivity contribution < 1.29 is 23.9 Å². The Hall–Kier alpha value is -2.31. The summed E-state index contributed by atoms with van der Waals surface area (Å²) in [6.07, 6.45) is 0.151. The summed E-state index contributed by atoms with van der Waals surface area (Å²) in [5, 5.41) is 0. The monoisotopic (exact) mass is 292 g/mol. The molecule has 21 heavy (non-hydrogen) atoms. The first-order valence-electron chi connectivity index (χ1n) is 6.44. The van der Waals surface area contributed by atoms with Gasteiger partial charge in [-0.1, -0.05) is 0 Å². The summed E-state index contributed by atoms with van der Waals surface area (Å²) in [4.78, 5) is 44.8. The third kappa shape index (κ3) is 2.51. The first-order valence-corrected chi connectivity index (χ1v) is 6.44. The number of aromatic nitrogens is 2. The summed E-state index contributed by atoms with van der Waals surface area (Å²) >= 11 is 0. The average Bonchev–Trinajstić information content (AvgIpc) is 2.44. The number of fused-ring (bicyclic) bond motifs is 1. The third-order valence-corrected chi connectivity index (χ3v) is 3.58. The van der Waals surface area contributed by atoms with Crippen molar-refractivity contribution in [1.29, 1.82) is 0 Å². The molecule has 7 heteroatoms. The smallest absolute Gasteiger partial charge is 0.317 e. The Bertz CT molecular complexity index is 626. The van der Waals surface area contributed by atoms with Crippen molar-refractivity contribution in [1.82, 2.24) is 9.97 Å². The lowest BCUT2D eigenvalue weighted by atomic mass is 9.76. The van der Waals surface area contributed by atoms with Crippen molar-refractivity contribution in [2.75, 3.05) is 14.2 Å². The molecule has 0 radical (unpaired) electrons. The van der Waals surface area contributed by atoms with Gasteiger partial charge in [0.1, 0.15) is 11.7 Å². The van der Waals surface area contributed by atoms with Gasteiger partial charge < -0.3 is 9.47 Å². The molecule has 1 aliphatic rings. The number of ether oxygens (including phenoxy) is 2. The third-order valence-electron chi connectivity index (χ3n) is 3.58. The Morgan fingerprint density at radius 3 is 2.29 bits per heavy atom. The number of rotatable bonds is 2. The number of aryl methyl sites for hydroxylation is 2. The van der Waals surface area contributed by atoms with Gasteiger partial charge in [-0.25, -0.2) is 9.97 Å². The molecule has 2 atom stereocenters. The standard InChI is InChI=1S/C14H16N2O5/c1-6-10-9(16-7(2)15-6)5-8(13(18)20-3)11(12(10)17)14(19)21-4/h8,11H,5H2,1-4H3/t8-,11+/m0/s1. The van der Waals surface area contributed by atoms with Gasteiger partial charge >= 0.3 is 11.9 Å². The van der Waals surface area contributed by atoms with E-state index in [1.807, 2.05) is 0 Å². The van der Waals surface area contributed by atoms with E-state index in [-0.39, 0.29) is 6.42 Å². The summed E-state index contributed by atoms with van der Waals surface area (Å²) < 4.78 is 9.35. The molecule has 1 heterocycles. The van der Waals surface area contributed by atoms with E-state index >= 15 is 0 Å². The van der Waals surface area contributed by atoms with E-state index in [9.17, 15) is 14.4 Å². The molecule has 7 nitrogen and oxygen atoms in total. The first kappa shape index (κ1) is 15.1. The van der Waals surface area contributed by atoms with Crippen LogP contribution in [-0.4, -0.2) is 41.9 Å². The fourth-order valence-electron chi connectivity index (χ4n) is 2.69. The fourth-order valence-corrected chi connectivity index (χ4v) is 2.69. The molecule has 0 N–H and O–H groups in total. The number of hydrogen-bond donors (Lipinski definition) is 0. The maximum absolute atomic E-state index is 12.6. The van der Waals surface area contributed by atoms with Gasteiger partial charge in [0.2, 0.25) is 0 Å². The van der Waals surface area contributed by atoms with Crippen molar-refractivity contribution in [2.45, 2.75) is 20.3 Å². The zero-order chi connectivity index (χ0) is 15.7. The second-order valence-corrected chi connectivity index (χ2v) is 4.88. The highest BCUT2D eigenvalue weighted by Crippen LogP contribution is 2.32. The number of hydrogen-bond acceptors (Lipinski definition) is 7. The molecular weight excluding hydrogens is 276 g/mol. The van der Waals surface area contributed by atoms with Crippen molar-refractivity contribution >= 4 is 17.7 Å². The molecule has 0 bridgehead atoms. The van der Waals surface area contributed by atoms with E-state index in [4.69, 9.17) is 4.74 Å². The van der Waals surface area contributed by atoms with Crippen LogP contribution in [0.15, 0.2) is 0 Å². The minimum atomic E-state index is -1.21. The molecule has 1 aromatic rings. The number of methoxy groups -OCH3 is 2. The summed E-state index contributed by atoms with van der Waals surface area (Å²) in [6, 6.07) is 0. The largest absolute Gasteiger partial charge is 0.469 e. The van der Waals surface area contributed by atoms with Gasteiger partial charge in [0.15, 0.2) is 5.78 Å². The molecule has 0 unspecified atom stereocenters. The predicted octanol–water partition coefficient (Wildman–Crippen LogP) is 0.411. The van der Waals surface area contributed by atoms with Crippen LogP contribution >= 0.6 is 0 Å². The minimum absolute atomic E-state index is 0.151. The Kier molecular flexibility index (Phi) is 4.02. The lowest BCUT2D eigenvalue weighted by molar-refractivity contribution is -0.155. The van der Waals surface area contributed by atoms with Crippen LogP contribution in [-0.2, 0) is 25.5 Å². The molecule has 0 saturated heterocycles. The van der Waals surface area contributed by atoms with Gasteiger partial charge in [0.25, 0.3) is 0 Å². The highest BCUT2D eigenvalue weighted by atomic mass is 16.5. The highest BCUT2D eigenvalue weighted by Gasteiger charge is 2.46. The number of nitrogens with zero attached hydrogens (tertiary/aromatic N) is 2. The number of ketones is 1. The van der Waals surface area contributed by atoms with Crippen molar-refractivity contribution in [2.24, 2.45) is 11.8 Å². The molecule has 0 fully saturated rings. The van der Waals surface area contributed by atoms with E-state index in [0.29, 0.717) is 22.8 Å².